The van der Waals surface area contributed by atoms with E-state index in [9.17, 15) is 4.79 Å². The summed E-state index contributed by atoms with van der Waals surface area (Å²) in [6, 6.07) is 22.8. The predicted octanol–water partition coefficient (Wildman–Crippen LogP) is 5.42. The SMILES string of the molecule is CC(C)Oc1ccc(/C=C2/SC(N3CCN(c4cccc5ccccc45)CC3)=NC2=O)cc1. The van der Waals surface area contributed by atoms with Gasteiger partial charge in [-0.15, -0.1) is 0 Å². The van der Waals surface area contributed by atoms with E-state index in [1.807, 2.05) is 44.2 Å². The van der Waals surface area contributed by atoms with Crippen LogP contribution in [0.15, 0.2) is 76.6 Å². The number of hydrogen-bond donors (Lipinski definition) is 0. The van der Waals surface area contributed by atoms with Crippen molar-refractivity contribution in [3.05, 3.63) is 77.2 Å². The molecule has 0 N–H and O–H groups in total. The lowest BCUT2D eigenvalue weighted by molar-refractivity contribution is -0.113. The summed E-state index contributed by atoms with van der Waals surface area (Å²) < 4.78 is 5.69. The van der Waals surface area contributed by atoms with Gasteiger partial charge in [-0.2, -0.15) is 4.99 Å². The van der Waals surface area contributed by atoms with Crippen molar-refractivity contribution in [2.45, 2.75) is 20.0 Å². The third-order valence-electron chi connectivity index (χ3n) is 5.82. The number of hydrogen-bond acceptors (Lipinski definition) is 5. The van der Waals surface area contributed by atoms with E-state index in [-0.39, 0.29) is 12.0 Å². The molecule has 3 aromatic carbocycles. The van der Waals surface area contributed by atoms with E-state index in [4.69, 9.17) is 4.74 Å². The molecule has 0 aromatic heterocycles. The van der Waals surface area contributed by atoms with Crippen LogP contribution in [0.25, 0.3) is 16.8 Å². The second-order valence-corrected chi connectivity index (χ2v) is 9.53. The zero-order valence-electron chi connectivity index (χ0n) is 18.9. The van der Waals surface area contributed by atoms with E-state index in [2.05, 4.69) is 57.3 Å². The van der Waals surface area contributed by atoms with Gasteiger partial charge in [0.15, 0.2) is 5.17 Å². The predicted molar refractivity (Wildman–Crippen MR) is 138 cm³/mol. The molecule has 1 saturated heterocycles. The largest absolute Gasteiger partial charge is 0.491 e. The second kappa shape index (κ2) is 9.32. The molecule has 33 heavy (non-hydrogen) atoms. The van der Waals surface area contributed by atoms with Gasteiger partial charge < -0.3 is 14.5 Å². The molecule has 168 valence electrons. The summed E-state index contributed by atoms with van der Waals surface area (Å²) in [7, 11) is 0. The number of rotatable bonds is 4. The van der Waals surface area contributed by atoms with Crippen molar-refractivity contribution in [1.29, 1.82) is 0 Å². The van der Waals surface area contributed by atoms with E-state index in [1.165, 1.54) is 28.2 Å². The molecule has 1 fully saturated rings. The fourth-order valence-electron chi connectivity index (χ4n) is 4.22. The third kappa shape index (κ3) is 4.76. The van der Waals surface area contributed by atoms with Crippen LogP contribution in [0, 0.1) is 0 Å². The maximum atomic E-state index is 12.5. The highest BCUT2D eigenvalue weighted by atomic mass is 32.2. The van der Waals surface area contributed by atoms with Crippen LogP contribution in [0.1, 0.15) is 19.4 Å². The van der Waals surface area contributed by atoms with Crippen molar-refractivity contribution in [1.82, 2.24) is 4.90 Å². The van der Waals surface area contributed by atoms with Crippen LogP contribution in [0.4, 0.5) is 5.69 Å². The van der Waals surface area contributed by atoms with E-state index in [1.54, 1.807) is 0 Å². The van der Waals surface area contributed by atoms with Crippen molar-refractivity contribution in [3.63, 3.8) is 0 Å². The molecular formula is C27H27N3O2S. The highest BCUT2D eigenvalue weighted by molar-refractivity contribution is 8.18. The van der Waals surface area contributed by atoms with Crippen LogP contribution in [0.5, 0.6) is 5.75 Å². The highest BCUT2D eigenvalue weighted by Gasteiger charge is 2.28. The van der Waals surface area contributed by atoms with Gasteiger partial charge in [0, 0.05) is 37.3 Å². The molecule has 5 rings (SSSR count). The quantitative estimate of drug-likeness (QED) is 0.490. The lowest BCUT2D eigenvalue weighted by Gasteiger charge is -2.37. The summed E-state index contributed by atoms with van der Waals surface area (Å²) in [5.41, 5.74) is 2.24. The molecule has 0 atom stereocenters. The smallest absolute Gasteiger partial charge is 0.286 e. The highest BCUT2D eigenvalue weighted by Crippen LogP contribution is 2.32. The average molecular weight is 458 g/mol. The number of piperazine rings is 1. The van der Waals surface area contributed by atoms with Crippen molar-refractivity contribution >= 4 is 45.4 Å². The molecule has 6 heteroatoms. The Labute approximate surface area is 198 Å². The number of ether oxygens (including phenoxy) is 1. The summed E-state index contributed by atoms with van der Waals surface area (Å²) in [6.07, 6.45) is 2.05. The molecular weight excluding hydrogens is 430 g/mol. The number of carbonyl (C=O) groups excluding carboxylic acids is 1. The molecule has 0 unspecified atom stereocenters. The molecule has 5 nitrogen and oxygen atoms in total. The van der Waals surface area contributed by atoms with Crippen molar-refractivity contribution in [3.8, 4) is 5.75 Å². The number of anilines is 1. The molecule has 2 aliphatic rings. The second-order valence-electron chi connectivity index (χ2n) is 8.52. The summed E-state index contributed by atoms with van der Waals surface area (Å²) in [5, 5.41) is 3.35. The summed E-state index contributed by atoms with van der Waals surface area (Å²) in [4.78, 5) is 22.2. The zero-order chi connectivity index (χ0) is 22.8. The zero-order valence-corrected chi connectivity index (χ0v) is 19.7. The Morgan fingerprint density at radius 2 is 1.61 bits per heavy atom. The van der Waals surface area contributed by atoms with Gasteiger partial charge in [-0.25, -0.2) is 0 Å². The van der Waals surface area contributed by atoms with E-state index >= 15 is 0 Å². The molecule has 3 aromatic rings. The lowest BCUT2D eigenvalue weighted by Crippen LogP contribution is -2.47. The number of thioether (sulfide) groups is 1. The van der Waals surface area contributed by atoms with Gasteiger partial charge in [0.2, 0.25) is 0 Å². The molecule has 0 bridgehead atoms. The number of aliphatic imine (C=N–C) groups is 1. The van der Waals surface area contributed by atoms with Crippen LogP contribution >= 0.6 is 11.8 Å². The number of carbonyl (C=O) groups is 1. The Hall–Kier alpha value is -3.25. The first-order chi connectivity index (χ1) is 16.1. The fraction of sp³-hybridized carbons (Fsp3) is 0.259. The molecule has 2 aliphatic heterocycles. The van der Waals surface area contributed by atoms with Gasteiger partial charge >= 0.3 is 0 Å². The maximum Gasteiger partial charge on any atom is 0.286 e. The van der Waals surface area contributed by atoms with Crippen LogP contribution in [-0.2, 0) is 4.79 Å². The Bertz CT molecular complexity index is 1220. The van der Waals surface area contributed by atoms with Crippen molar-refractivity contribution in [2.24, 2.45) is 4.99 Å². The molecule has 2 heterocycles. The number of amides is 1. The minimum Gasteiger partial charge on any atom is -0.491 e. The van der Waals surface area contributed by atoms with Crippen molar-refractivity contribution in [2.75, 3.05) is 31.1 Å². The first-order valence-corrected chi connectivity index (χ1v) is 12.2. The molecule has 0 radical (unpaired) electrons. The number of fused-ring (bicyclic) bond motifs is 1. The average Bonchev–Trinajstić information content (AvgIpc) is 3.20. The summed E-state index contributed by atoms with van der Waals surface area (Å²) in [6.45, 7) is 7.50. The van der Waals surface area contributed by atoms with E-state index in [0.29, 0.717) is 4.91 Å². The molecule has 0 aliphatic carbocycles. The minimum absolute atomic E-state index is 0.137. The van der Waals surface area contributed by atoms with Crippen molar-refractivity contribution < 1.29 is 9.53 Å². The maximum absolute atomic E-state index is 12.5. The number of benzene rings is 3. The number of nitrogens with zero attached hydrogens (tertiary/aromatic N) is 3. The summed E-state index contributed by atoms with van der Waals surface area (Å²) >= 11 is 1.47. The third-order valence-corrected chi connectivity index (χ3v) is 6.86. The first kappa shape index (κ1) is 21.6. The van der Waals surface area contributed by atoms with Gasteiger partial charge in [-0.3, -0.25) is 4.79 Å². The van der Waals surface area contributed by atoms with E-state index < -0.39 is 0 Å². The van der Waals surface area contributed by atoms with Crippen LogP contribution in [0.3, 0.4) is 0 Å². The molecule has 1 amide bonds. The molecule has 0 saturated carbocycles. The Morgan fingerprint density at radius 3 is 2.36 bits per heavy atom. The van der Waals surface area contributed by atoms with Gasteiger partial charge in [0.1, 0.15) is 5.75 Å². The fourth-order valence-corrected chi connectivity index (χ4v) is 5.19. The first-order valence-electron chi connectivity index (χ1n) is 11.3. The number of amidine groups is 1. The van der Waals surface area contributed by atoms with Gasteiger partial charge in [0.25, 0.3) is 5.91 Å². The topological polar surface area (TPSA) is 45.1 Å². The Balaban J connectivity index is 1.23. The van der Waals surface area contributed by atoms with Crippen LogP contribution in [-0.4, -0.2) is 48.3 Å². The normalized spacial score (nSPS) is 17.8. The lowest BCUT2D eigenvalue weighted by atomic mass is 10.1. The van der Waals surface area contributed by atoms with E-state index in [0.717, 1.165) is 42.7 Å². The van der Waals surface area contributed by atoms with Gasteiger partial charge in [-0.05, 0) is 60.8 Å². The standard InChI is InChI=1S/C27H27N3O2S/c1-19(2)32-22-12-10-20(11-13-22)18-25-26(31)28-27(33-25)30-16-14-29(15-17-30)24-9-5-7-21-6-3-4-8-23(21)24/h3-13,18-19H,14-17H2,1-2H3/b25-18+. The summed E-state index contributed by atoms with van der Waals surface area (Å²) in [5.74, 6) is 0.674. The monoisotopic (exact) mass is 457 g/mol. The Kier molecular flexibility index (Phi) is 6.09. The minimum atomic E-state index is -0.158. The Morgan fingerprint density at radius 1 is 0.909 bits per heavy atom. The van der Waals surface area contributed by atoms with Crippen LogP contribution < -0.4 is 9.64 Å². The molecule has 0 spiro atoms. The van der Waals surface area contributed by atoms with Gasteiger partial charge in [-0.1, -0.05) is 48.5 Å². The van der Waals surface area contributed by atoms with Crippen LogP contribution in [0.2, 0.25) is 0 Å². The van der Waals surface area contributed by atoms with Gasteiger partial charge in [0.05, 0.1) is 11.0 Å².